The summed E-state index contributed by atoms with van der Waals surface area (Å²) in [5, 5.41) is 0. The Labute approximate surface area is 173 Å². The van der Waals surface area contributed by atoms with Gasteiger partial charge in [0.25, 0.3) is 0 Å². The van der Waals surface area contributed by atoms with Crippen LogP contribution in [-0.2, 0) is 0 Å². The van der Waals surface area contributed by atoms with Gasteiger partial charge in [0.15, 0.2) is 11.6 Å². The molecule has 1 atom stereocenters. The number of aryl methyl sites for hydroxylation is 1. The Kier molecular flexibility index (Phi) is 6.83. The van der Waals surface area contributed by atoms with Crippen LogP contribution in [0.25, 0.3) is 6.08 Å². The van der Waals surface area contributed by atoms with E-state index in [4.69, 9.17) is 0 Å². The van der Waals surface area contributed by atoms with Gasteiger partial charge in [-0.2, -0.15) is 0 Å². The highest BCUT2D eigenvalue weighted by Crippen LogP contribution is 2.21. The lowest BCUT2D eigenvalue weighted by atomic mass is 10.0. The minimum absolute atomic E-state index is 0.000116. The van der Waals surface area contributed by atoms with Gasteiger partial charge in [-0.1, -0.05) is 42.5 Å². The Balaban J connectivity index is 1.55. The molecule has 0 aliphatic carbocycles. The number of rotatable bonds is 7. The molecular weight excluding hydrogens is 362 g/mol. The molecule has 1 aliphatic rings. The number of hydrogen-bond donors (Lipinski definition) is 1. The summed E-state index contributed by atoms with van der Waals surface area (Å²) in [6.45, 7) is 11.8. The van der Waals surface area contributed by atoms with E-state index in [9.17, 15) is 9.59 Å². The van der Waals surface area contributed by atoms with Gasteiger partial charge < -0.3 is 4.98 Å². The number of aromatic nitrogens is 1. The Morgan fingerprint density at radius 3 is 2.34 bits per heavy atom. The summed E-state index contributed by atoms with van der Waals surface area (Å²) in [7, 11) is 0. The van der Waals surface area contributed by atoms with E-state index in [0.717, 1.165) is 44.0 Å². The number of benzene rings is 1. The van der Waals surface area contributed by atoms with Gasteiger partial charge in [-0.25, -0.2) is 0 Å². The maximum Gasteiger partial charge on any atom is 0.196 e. The zero-order valence-electron chi connectivity index (χ0n) is 17.9. The lowest BCUT2D eigenvalue weighted by Crippen LogP contribution is -2.51. The largest absolute Gasteiger partial charge is 0.355 e. The highest BCUT2D eigenvalue weighted by Gasteiger charge is 2.29. The number of carbonyl (C=O) groups is 2. The molecule has 2 aromatic rings. The van der Waals surface area contributed by atoms with Crippen molar-refractivity contribution in [3.63, 3.8) is 0 Å². The number of carbonyl (C=O) groups excluding carboxylic acids is 2. The van der Waals surface area contributed by atoms with E-state index in [2.05, 4.69) is 39.1 Å². The van der Waals surface area contributed by atoms with Gasteiger partial charge in [0.2, 0.25) is 0 Å². The summed E-state index contributed by atoms with van der Waals surface area (Å²) < 4.78 is 0. The number of aromatic amines is 1. The molecule has 154 valence electrons. The molecule has 3 rings (SSSR count). The molecule has 5 heteroatoms. The number of H-pyrrole nitrogens is 1. The normalized spacial score (nSPS) is 17.0. The maximum atomic E-state index is 13.1. The molecule has 1 aromatic carbocycles. The lowest BCUT2D eigenvalue weighted by molar-refractivity contribution is 0.0714. The molecule has 5 nitrogen and oxygen atoms in total. The number of nitrogens with zero attached hydrogens (tertiary/aromatic N) is 2. The van der Waals surface area contributed by atoms with Crippen molar-refractivity contribution in [2.45, 2.75) is 33.7 Å². The minimum Gasteiger partial charge on any atom is -0.355 e. The molecule has 1 fully saturated rings. The molecule has 1 aliphatic heterocycles. The minimum atomic E-state index is -0.200. The number of ketones is 2. The van der Waals surface area contributed by atoms with Gasteiger partial charge in [-0.3, -0.25) is 19.4 Å². The molecule has 0 spiro atoms. The fourth-order valence-electron chi connectivity index (χ4n) is 4.13. The van der Waals surface area contributed by atoms with Crippen molar-refractivity contribution in [3.8, 4) is 0 Å². The Morgan fingerprint density at radius 2 is 1.76 bits per heavy atom. The van der Waals surface area contributed by atoms with E-state index >= 15 is 0 Å². The fourth-order valence-corrected chi connectivity index (χ4v) is 4.13. The van der Waals surface area contributed by atoms with Crippen LogP contribution >= 0.6 is 0 Å². The summed E-state index contributed by atoms with van der Waals surface area (Å²) in [6, 6.07) is 10.1. The van der Waals surface area contributed by atoms with E-state index in [1.807, 2.05) is 39.0 Å². The second-order valence-electron chi connectivity index (χ2n) is 7.87. The van der Waals surface area contributed by atoms with E-state index < -0.39 is 0 Å². The summed E-state index contributed by atoms with van der Waals surface area (Å²) in [5.41, 5.74) is 3.99. The van der Waals surface area contributed by atoms with Crippen LogP contribution in [0.5, 0.6) is 0 Å². The van der Waals surface area contributed by atoms with Crippen LogP contribution in [0.3, 0.4) is 0 Å². The average molecular weight is 394 g/mol. The van der Waals surface area contributed by atoms with E-state index in [-0.39, 0.29) is 17.6 Å². The molecule has 0 bridgehead atoms. The zero-order chi connectivity index (χ0) is 21.0. The number of Topliss-reactive ketones (excluding diaryl/α,β-unsaturated/α-hetero) is 2. The quantitative estimate of drug-likeness (QED) is 0.728. The highest BCUT2D eigenvalue weighted by molar-refractivity contribution is 6.05. The SMILES string of the molecule is CC(=O)c1c(C)[nH]c(C(=O)[C@@H](C)N2CCN(C/C=C/c3ccccc3)CC2)c1C. The van der Waals surface area contributed by atoms with Crippen molar-refractivity contribution in [1.82, 2.24) is 14.8 Å². The van der Waals surface area contributed by atoms with E-state index in [0.29, 0.717) is 11.3 Å². The molecule has 1 aromatic heterocycles. The molecule has 2 heterocycles. The number of nitrogens with one attached hydrogen (secondary N) is 1. The van der Waals surface area contributed by atoms with Gasteiger partial charge in [0, 0.05) is 44.0 Å². The molecule has 1 saturated heterocycles. The standard InChI is InChI=1S/C24H31N3O2/c1-17-22(20(4)28)18(2)25-23(17)24(29)19(3)27-15-13-26(14-16-27)12-8-11-21-9-6-5-7-10-21/h5-11,19,25H,12-16H2,1-4H3/b11-8+/t19-/m1/s1. The molecule has 29 heavy (non-hydrogen) atoms. The third kappa shape index (κ3) is 4.92. The molecule has 0 saturated carbocycles. The second-order valence-corrected chi connectivity index (χ2v) is 7.87. The first-order chi connectivity index (χ1) is 13.9. The molecule has 0 radical (unpaired) electrons. The zero-order valence-corrected chi connectivity index (χ0v) is 17.9. The van der Waals surface area contributed by atoms with Crippen molar-refractivity contribution in [1.29, 1.82) is 0 Å². The van der Waals surface area contributed by atoms with Crippen molar-refractivity contribution in [3.05, 3.63) is 64.5 Å². The van der Waals surface area contributed by atoms with Crippen molar-refractivity contribution in [2.24, 2.45) is 0 Å². The van der Waals surface area contributed by atoms with Crippen LogP contribution in [0, 0.1) is 13.8 Å². The van der Waals surface area contributed by atoms with Crippen molar-refractivity contribution in [2.75, 3.05) is 32.7 Å². The average Bonchev–Trinajstić information content (AvgIpc) is 3.02. The van der Waals surface area contributed by atoms with Gasteiger partial charge in [0.05, 0.1) is 11.7 Å². The first-order valence-corrected chi connectivity index (χ1v) is 10.3. The smallest absolute Gasteiger partial charge is 0.196 e. The fraction of sp³-hybridized carbons (Fsp3) is 0.417. The first kappa shape index (κ1) is 21.2. The van der Waals surface area contributed by atoms with Gasteiger partial charge in [0.1, 0.15) is 0 Å². The Morgan fingerprint density at radius 1 is 1.10 bits per heavy atom. The predicted molar refractivity (Wildman–Crippen MR) is 118 cm³/mol. The second kappa shape index (κ2) is 9.33. The van der Waals surface area contributed by atoms with Crippen molar-refractivity contribution < 1.29 is 9.59 Å². The molecular formula is C24H31N3O2. The lowest BCUT2D eigenvalue weighted by Gasteiger charge is -2.37. The summed E-state index contributed by atoms with van der Waals surface area (Å²) in [5.74, 6) is 0.0654. The number of hydrogen-bond acceptors (Lipinski definition) is 4. The third-order valence-corrected chi connectivity index (χ3v) is 5.84. The Hall–Kier alpha value is -2.50. The van der Waals surface area contributed by atoms with Gasteiger partial charge in [-0.15, -0.1) is 0 Å². The summed E-state index contributed by atoms with van der Waals surface area (Å²) in [4.78, 5) is 32.7. The van der Waals surface area contributed by atoms with Crippen LogP contribution in [0.1, 0.15) is 51.5 Å². The monoisotopic (exact) mass is 393 g/mol. The molecule has 1 N–H and O–H groups in total. The van der Waals surface area contributed by atoms with Crippen molar-refractivity contribution >= 4 is 17.6 Å². The van der Waals surface area contributed by atoms with E-state index in [1.165, 1.54) is 5.56 Å². The summed E-state index contributed by atoms with van der Waals surface area (Å²) >= 11 is 0. The van der Waals surface area contributed by atoms with Gasteiger partial charge in [-0.05, 0) is 38.8 Å². The van der Waals surface area contributed by atoms with Crippen LogP contribution < -0.4 is 0 Å². The topological polar surface area (TPSA) is 56.4 Å². The highest BCUT2D eigenvalue weighted by atomic mass is 16.1. The van der Waals surface area contributed by atoms with Crippen LogP contribution in [0.15, 0.2) is 36.4 Å². The van der Waals surface area contributed by atoms with E-state index in [1.54, 1.807) is 6.92 Å². The van der Waals surface area contributed by atoms with Crippen LogP contribution in [0.4, 0.5) is 0 Å². The number of piperazine rings is 1. The van der Waals surface area contributed by atoms with Gasteiger partial charge >= 0.3 is 0 Å². The van der Waals surface area contributed by atoms with Crippen LogP contribution in [-0.4, -0.2) is 65.1 Å². The van der Waals surface area contributed by atoms with Crippen LogP contribution in [0.2, 0.25) is 0 Å². The summed E-state index contributed by atoms with van der Waals surface area (Å²) in [6.07, 6.45) is 4.36. The first-order valence-electron chi connectivity index (χ1n) is 10.3. The molecule has 0 unspecified atom stereocenters. The Bertz CT molecular complexity index is 890. The third-order valence-electron chi connectivity index (χ3n) is 5.84. The predicted octanol–water partition coefficient (Wildman–Crippen LogP) is 3.74. The molecule has 0 amide bonds. The maximum absolute atomic E-state index is 13.1.